The summed E-state index contributed by atoms with van der Waals surface area (Å²) < 4.78 is 26.6. The number of nitrogens with zero attached hydrogens (tertiary/aromatic N) is 1. The number of nitrogens with one attached hydrogen (secondary N) is 1. The minimum Gasteiger partial charge on any atom is -0.310 e. The molecule has 19 heavy (non-hydrogen) atoms. The zero-order valence-corrected chi connectivity index (χ0v) is 11.6. The Bertz CT molecular complexity index is 423. The van der Waals surface area contributed by atoms with E-state index in [1.165, 1.54) is 25.0 Å². The van der Waals surface area contributed by atoms with E-state index in [1.807, 2.05) is 0 Å². The Balaban J connectivity index is 1.89. The van der Waals surface area contributed by atoms with E-state index >= 15 is 0 Å². The van der Waals surface area contributed by atoms with Crippen molar-refractivity contribution in [3.63, 3.8) is 0 Å². The average Bonchev–Trinajstić information content (AvgIpc) is 2.39. The summed E-state index contributed by atoms with van der Waals surface area (Å²) >= 11 is 0. The van der Waals surface area contributed by atoms with Crippen LogP contribution in [0.2, 0.25) is 0 Å². The van der Waals surface area contributed by atoms with Crippen LogP contribution in [-0.2, 0) is 6.54 Å². The van der Waals surface area contributed by atoms with Crippen molar-refractivity contribution in [3.8, 4) is 0 Å². The van der Waals surface area contributed by atoms with Gasteiger partial charge in [-0.25, -0.2) is 8.78 Å². The summed E-state index contributed by atoms with van der Waals surface area (Å²) in [5, 5.41) is 3.32. The van der Waals surface area contributed by atoms with Crippen molar-refractivity contribution < 1.29 is 8.78 Å². The van der Waals surface area contributed by atoms with Crippen molar-refractivity contribution in [2.24, 2.45) is 5.92 Å². The average molecular weight is 268 g/mol. The molecule has 2 nitrogen and oxygen atoms in total. The summed E-state index contributed by atoms with van der Waals surface area (Å²) in [5.74, 6) is -0.152. The van der Waals surface area contributed by atoms with E-state index < -0.39 is 0 Å². The molecule has 1 aromatic rings. The topological polar surface area (TPSA) is 15.3 Å². The Hall–Kier alpha value is -1.00. The van der Waals surface area contributed by atoms with Gasteiger partial charge in [0.2, 0.25) is 0 Å². The first-order valence-electron chi connectivity index (χ1n) is 6.92. The highest BCUT2D eigenvalue weighted by molar-refractivity contribution is 5.18. The van der Waals surface area contributed by atoms with Crippen LogP contribution in [0, 0.1) is 17.6 Å². The van der Waals surface area contributed by atoms with E-state index in [0.29, 0.717) is 24.1 Å². The van der Waals surface area contributed by atoms with E-state index in [2.05, 4.69) is 24.2 Å². The third-order valence-corrected chi connectivity index (χ3v) is 3.99. The lowest BCUT2D eigenvalue weighted by Gasteiger charge is -2.34. The highest BCUT2D eigenvalue weighted by Crippen LogP contribution is 2.19. The number of benzene rings is 1. The molecule has 1 saturated heterocycles. The molecular weight excluding hydrogens is 246 g/mol. The maximum absolute atomic E-state index is 13.5. The molecule has 0 radical (unpaired) electrons. The summed E-state index contributed by atoms with van der Waals surface area (Å²) in [5.41, 5.74) is 0.399. The van der Waals surface area contributed by atoms with Gasteiger partial charge in [0.25, 0.3) is 0 Å². The van der Waals surface area contributed by atoms with Gasteiger partial charge in [-0.2, -0.15) is 0 Å². The van der Waals surface area contributed by atoms with Crippen LogP contribution in [0.4, 0.5) is 8.78 Å². The second-order valence-corrected chi connectivity index (χ2v) is 5.57. The lowest BCUT2D eigenvalue weighted by Crippen LogP contribution is -2.42. The molecule has 106 valence electrons. The molecule has 0 aliphatic carbocycles. The van der Waals surface area contributed by atoms with E-state index in [0.717, 1.165) is 19.2 Å². The van der Waals surface area contributed by atoms with Gasteiger partial charge in [-0.3, -0.25) is 0 Å². The van der Waals surface area contributed by atoms with Crippen LogP contribution in [-0.4, -0.2) is 31.1 Å². The van der Waals surface area contributed by atoms with Gasteiger partial charge in [0.05, 0.1) is 0 Å². The number of likely N-dealkylation sites (tertiary alicyclic amines) is 1. The highest BCUT2D eigenvalue weighted by atomic mass is 19.1. The molecule has 2 unspecified atom stereocenters. The van der Waals surface area contributed by atoms with Crippen LogP contribution in [0.15, 0.2) is 18.2 Å². The smallest absolute Gasteiger partial charge is 0.127 e. The summed E-state index contributed by atoms with van der Waals surface area (Å²) in [6, 6.07) is 3.91. The van der Waals surface area contributed by atoms with E-state index in [-0.39, 0.29) is 11.6 Å². The largest absolute Gasteiger partial charge is 0.310 e. The molecule has 2 atom stereocenters. The summed E-state index contributed by atoms with van der Waals surface area (Å²) in [7, 11) is 2.13. The van der Waals surface area contributed by atoms with Gasteiger partial charge >= 0.3 is 0 Å². The fourth-order valence-electron chi connectivity index (χ4n) is 2.73. The normalized spacial score (nSPS) is 22.4. The number of hydrogen-bond donors (Lipinski definition) is 1. The van der Waals surface area contributed by atoms with Gasteiger partial charge in [0, 0.05) is 24.7 Å². The molecule has 0 amide bonds. The molecule has 1 aliphatic heterocycles. The summed E-state index contributed by atoms with van der Waals surface area (Å²) in [6.45, 7) is 4.73. The van der Waals surface area contributed by atoms with Crippen molar-refractivity contribution in [1.82, 2.24) is 10.2 Å². The quantitative estimate of drug-likeness (QED) is 0.903. The molecule has 0 bridgehead atoms. The van der Waals surface area contributed by atoms with E-state index in [4.69, 9.17) is 0 Å². The Morgan fingerprint density at radius 1 is 1.42 bits per heavy atom. The summed E-state index contributed by atoms with van der Waals surface area (Å²) in [4.78, 5) is 2.33. The Morgan fingerprint density at radius 2 is 2.21 bits per heavy atom. The molecule has 2 rings (SSSR count). The molecule has 1 N–H and O–H groups in total. The Kier molecular flexibility index (Phi) is 4.88. The first-order valence-corrected chi connectivity index (χ1v) is 6.92. The molecule has 0 aromatic heterocycles. The second kappa shape index (κ2) is 6.44. The van der Waals surface area contributed by atoms with Crippen LogP contribution in [0.3, 0.4) is 0 Å². The standard InChI is InChI=1S/C15H22F2N2/c1-11(12-4-3-7-19(2)10-12)18-9-13-8-14(16)5-6-15(13)17/h5-6,8,11-12,18H,3-4,7,9-10H2,1-2H3. The molecule has 0 saturated carbocycles. The molecule has 0 spiro atoms. The minimum absolute atomic E-state index is 0.311. The van der Waals surface area contributed by atoms with Gasteiger partial charge in [0.15, 0.2) is 0 Å². The first-order chi connectivity index (χ1) is 9.06. The van der Waals surface area contributed by atoms with Crippen LogP contribution in [0.25, 0.3) is 0 Å². The maximum Gasteiger partial charge on any atom is 0.127 e. The van der Waals surface area contributed by atoms with Crippen molar-refractivity contribution in [1.29, 1.82) is 0 Å². The molecule has 4 heteroatoms. The van der Waals surface area contributed by atoms with Crippen LogP contribution >= 0.6 is 0 Å². The van der Waals surface area contributed by atoms with Gasteiger partial charge in [-0.1, -0.05) is 0 Å². The minimum atomic E-state index is -0.386. The third-order valence-electron chi connectivity index (χ3n) is 3.99. The number of hydrogen-bond acceptors (Lipinski definition) is 2. The molecule has 1 fully saturated rings. The van der Waals surface area contributed by atoms with Gasteiger partial charge in [-0.05, 0) is 57.5 Å². The predicted molar refractivity (Wildman–Crippen MR) is 72.9 cm³/mol. The lowest BCUT2D eigenvalue weighted by atomic mass is 9.92. The zero-order chi connectivity index (χ0) is 13.8. The Morgan fingerprint density at radius 3 is 2.95 bits per heavy atom. The van der Waals surface area contributed by atoms with Gasteiger partial charge in [0.1, 0.15) is 11.6 Å². The van der Waals surface area contributed by atoms with Crippen LogP contribution in [0.5, 0.6) is 0 Å². The lowest BCUT2D eigenvalue weighted by molar-refractivity contribution is 0.178. The fourth-order valence-corrected chi connectivity index (χ4v) is 2.73. The first kappa shape index (κ1) is 14.4. The maximum atomic E-state index is 13.5. The van der Waals surface area contributed by atoms with Crippen molar-refractivity contribution in [2.45, 2.75) is 32.4 Å². The van der Waals surface area contributed by atoms with Crippen LogP contribution in [0.1, 0.15) is 25.3 Å². The van der Waals surface area contributed by atoms with Crippen molar-refractivity contribution >= 4 is 0 Å². The predicted octanol–water partition coefficient (Wildman–Crippen LogP) is 2.78. The molecule has 1 heterocycles. The number of halogens is 2. The second-order valence-electron chi connectivity index (χ2n) is 5.57. The fraction of sp³-hybridized carbons (Fsp3) is 0.600. The van der Waals surface area contributed by atoms with Crippen molar-refractivity contribution in [2.75, 3.05) is 20.1 Å². The number of piperidine rings is 1. The monoisotopic (exact) mass is 268 g/mol. The van der Waals surface area contributed by atoms with Gasteiger partial charge < -0.3 is 10.2 Å². The molecule has 1 aromatic carbocycles. The van der Waals surface area contributed by atoms with Crippen LogP contribution < -0.4 is 5.32 Å². The van der Waals surface area contributed by atoms with Gasteiger partial charge in [-0.15, -0.1) is 0 Å². The van der Waals surface area contributed by atoms with Crippen molar-refractivity contribution in [3.05, 3.63) is 35.4 Å². The molecule has 1 aliphatic rings. The number of rotatable bonds is 4. The SMILES string of the molecule is CC(NCc1cc(F)ccc1F)C1CCCN(C)C1. The molecular formula is C15H22F2N2. The third kappa shape index (κ3) is 3.98. The Labute approximate surface area is 113 Å². The zero-order valence-electron chi connectivity index (χ0n) is 11.6. The summed E-state index contributed by atoms with van der Waals surface area (Å²) in [6.07, 6.45) is 2.41. The highest BCUT2D eigenvalue weighted by Gasteiger charge is 2.22. The van der Waals surface area contributed by atoms with E-state index in [9.17, 15) is 8.78 Å². The van der Waals surface area contributed by atoms with E-state index in [1.54, 1.807) is 0 Å².